The summed E-state index contributed by atoms with van der Waals surface area (Å²) >= 11 is 0. The number of nitrogens with two attached hydrogens (primary N) is 1. The van der Waals surface area contributed by atoms with E-state index in [1.165, 1.54) is 45.1 Å². The molecule has 3 N–H and O–H groups in total. The van der Waals surface area contributed by atoms with Crippen molar-refractivity contribution in [3.8, 4) is 0 Å². The Hall–Kier alpha value is -0.610. The van der Waals surface area contributed by atoms with Gasteiger partial charge in [0.15, 0.2) is 0 Å². The maximum absolute atomic E-state index is 12.5. The van der Waals surface area contributed by atoms with Crippen LogP contribution in [0.25, 0.3) is 0 Å². The molecule has 0 aromatic carbocycles. The molecule has 2 saturated heterocycles. The first-order chi connectivity index (χ1) is 10.2. The molecule has 2 unspecified atom stereocenters. The van der Waals surface area contributed by atoms with E-state index in [2.05, 4.69) is 10.2 Å². The largest absolute Gasteiger partial charge is 0.352 e. The Balaban J connectivity index is 1.53. The molecule has 4 nitrogen and oxygen atoms in total. The molecule has 0 aromatic rings. The van der Waals surface area contributed by atoms with Crippen molar-refractivity contribution < 1.29 is 4.79 Å². The quantitative estimate of drug-likeness (QED) is 0.834. The Bertz CT molecular complexity index is 365. The number of nitrogens with zero attached hydrogens (tertiary/aromatic N) is 1. The van der Waals surface area contributed by atoms with E-state index >= 15 is 0 Å². The molecule has 0 radical (unpaired) electrons. The lowest BCUT2D eigenvalue weighted by molar-refractivity contribution is -0.124. The van der Waals surface area contributed by atoms with Crippen molar-refractivity contribution in [2.24, 2.45) is 11.1 Å². The zero-order valence-electron chi connectivity index (χ0n) is 13.3. The highest BCUT2D eigenvalue weighted by Crippen LogP contribution is 2.38. The lowest BCUT2D eigenvalue weighted by Gasteiger charge is -2.37. The van der Waals surface area contributed by atoms with Crippen molar-refractivity contribution in [1.29, 1.82) is 0 Å². The molecule has 4 heteroatoms. The van der Waals surface area contributed by atoms with Gasteiger partial charge in [-0.1, -0.05) is 25.7 Å². The van der Waals surface area contributed by atoms with E-state index in [1.54, 1.807) is 0 Å². The lowest BCUT2D eigenvalue weighted by atomic mass is 9.71. The molecule has 2 aliphatic heterocycles. The smallest absolute Gasteiger partial charge is 0.220 e. The van der Waals surface area contributed by atoms with Gasteiger partial charge in [-0.3, -0.25) is 9.69 Å². The SMILES string of the molecule is NCC1(CC(=O)NC2CCN3CCCCC23)CCCCC1. The minimum atomic E-state index is 0.0905. The van der Waals surface area contributed by atoms with Gasteiger partial charge < -0.3 is 11.1 Å². The van der Waals surface area contributed by atoms with Crippen molar-refractivity contribution >= 4 is 5.91 Å². The summed E-state index contributed by atoms with van der Waals surface area (Å²) < 4.78 is 0. The van der Waals surface area contributed by atoms with Crippen LogP contribution in [0.2, 0.25) is 0 Å². The summed E-state index contributed by atoms with van der Waals surface area (Å²) in [5.41, 5.74) is 6.10. The summed E-state index contributed by atoms with van der Waals surface area (Å²) in [5, 5.41) is 3.35. The molecule has 0 aromatic heterocycles. The Labute approximate surface area is 128 Å². The molecule has 0 spiro atoms. The number of carbonyl (C=O) groups is 1. The molecule has 1 saturated carbocycles. The van der Waals surface area contributed by atoms with Gasteiger partial charge in [-0.05, 0) is 50.6 Å². The molecule has 3 aliphatic rings. The monoisotopic (exact) mass is 293 g/mol. The summed E-state index contributed by atoms with van der Waals surface area (Å²) in [6.07, 6.45) is 11.7. The minimum Gasteiger partial charge on any atom is -0.352 e. The summed E-state index contributed by atoms with van der Waals surface area (Å²) in [7, 11) is 0. The van der Waals surface area contributed by atoms with E-state index in [9.17, 15) is 4.79 Å². The molecule has 3 fully saturated rings. The van der Waals surface area contributed by atoms with Crippen LogP contribution in [0.3, 0.4) is 0 Å². The molecule has 120 valence electrons. The third-order valence-electron chi connectivity index (χ3n) is 6.09. The van der Waals surface area contributed by atoms with Crippen LogP contribution in [-0.4, -0.2) is 42.5 Å². The molecular weight excluding hydrogens is 262 g/mol. The number of fused-ring (bicyclic) bond motifs is 1. The molecule has 2 atom stereocenters. The Morgan fingerprint density at radius 2 is 1.90 bits per heavy atom. The van der Waals surface area contributed by atoms with Gasteiger partial charge in [-0.2, -0.15) is 0 Å². The van der Waals surface area contributed by atoms with Gasteiger partial charge in [-0.15, -0.1) is 0 Å². The third-order valence-corrected chi connectivity index (χ3v) is 6.09. The second kappa shape index (κ2) is 6.66. The first-order valence-electron chi connectivity index (χ1n) is 8.96. The van der Waals surface area contributed by atoms with Crippen LogP contribution in [0.4, 0.5) is 0 Å². The van der Waals surface area contributed by atoms with Gasteiger partial charge in [0, 0.05) is 25.0 Å². The molecule has 21 heavy (non-hydrogen) atoms. The van der Waals surface area contributed by atoms with Crippen molar-refractivity contribution in [3.05, 3.63) is 0 Å². The van der Waals surface area contributed by atoms with Gasteiger partial charge in [0.1, 0.15) is 0 Å². The maximum Gasteiger partial charge on any atom is 0.220 e. The number of hydrogen-bond acceptors (Lipinski definition) is 3. The van der Waals surface area contributed by atoms with E-state index in [0.717, 1.165) is 25.8 Å². The molecule has 1 amide bonds. The van der Waals surface area contributed by atoms with E-state index in [4.69, 9.17) is 5.73 Å². The summed E-state index contributed by atoms with van der Waals surface area (Å²) in [4.78, 5) is 15.1. The summed E-state index contributed by atoms with van der Waals surface area (Å²) in [6, 6.07) is 0.985. The Morgan fingerprint density at radius 1 is 1.10 bits per heavy atom. The van der Waals surface area contributed by atoms with Gasteiger partial charge >= 0.3 is 0 Å². The van der Waals surface area contributed by atoms with Crippen LogP contribution in [0.15, 0.2) is 0 Å². The van der Waals surface area contributed by atoms with Crippen LogP contribution in [0.1, 0.15) is 64.2 Å². The fraction of sp³-hybridized carbons (Fsp3) is 0.941. The first kappa shape index (κ1) is 15.3. The molecule has 2 heterocycles. The fourth-order valence-corrected chi connectivity index (χ4v) is 4.77. The number of hydrogen-bond donors (Lipinski definition) is 2. The Morgan fingerprint density at radius 3 is 2.67 bits per heavy atom. The van der Waals surface area contributed by atoms with E-state index in [0.29, 0.717) is 25.0 Å². The highest BCUT2D eigenvalue weighted by atomic mass is 16.1. The first-order valence-corrected chi connectivity index (χ1v) is 8.96. The molecule has 3 rings (SSSR count). The van der Waals surface area contributed by atoms with E-state index in [1.807, 2.05) is 0 Å². The van der Waals surface area contributed by atoms with Crippen LogP contribution < -0.4 is 11.1 Å². The van der Waals surface area contributed by atoms with Crippen LogP contribution in [0, 0.1) is 5.41 Å². The average molecular weight is 293 g/mol. The normalized spacial score (nSPS) is 32.6. The van der Waals surface area contributed by atoms with Crippen LogP contribution in [-0.2, 0) is 4.79 Å². The van der Waals surface area contributed by atoms with Crippen LogP contribution in [0.5, 0.6) is 0 Å². The summed E-state index contributed by atoms with van der Waals surface area (Å²) in [6.45, 7) is 3.06. The number of rotatable bonds is 4. The second-order valence-electron chi connectivity index (χ2n) is 7.50. The second-order valence-corrected chi connectivity index (χ2v) is 7.50. The van der Waals surface area contributed by atoms with Crippen molar-refractivity contribution in [2.45, 2.75) is 76.3 Å². The number of amides is 1. The zero-order valence-corrected chi connectivity index (χ0v) is 13.3. The van der Waals surface area contributed by atoms with E-state index < -0.39 is 0 Å². The number of piperidine rings is 1. The zero-order chi connectivity index (χ0) is 14.7. The maximum atomic E-state index is 12.5. The van der Waals surface area contributed by atoms with Crippen molar-refractivity contribution in [1.82, 2.24) is 10.2 Å². The predicted octanol–water partition coefficient (Wildman–Crippen LogP) is 2.03. The van der Waals surface area contributed by atoms with Crippen LogP contribution >= 0.6 is 0 Å². The highest BCUT2D eigenvalue weighted by molar-refractivity contribution is 5.77. The van der Waals surface area contributed by atoms with Crippen molar-refractivity contribution in [2.75, 3.05) is 19.6 Å². The standard InChI is InChI=1S/C17H31N3O/c18-13-17(8-3-1-4-9-17)12-16(21)19-14-7-11-20-10-5-2-6-15(14)20/h14-15H,1-13,18H2,(H,19,21). The van der Waals surface area contributed by atoms with E-state index in [-0.39, 0.29) is 11.3 Å². The fourth-order valence-electron chi connectivity index (χ4n) is 4.77. The topological polar surface area (TPSA) is 58.4 Å². The average Bonchev–Trinajstić information content (AvgIpc) is 2.91. The predicted molar refractivity (Wildman–Crippen MR) is 84.9 cm³/mol. The molecule has 0 bridgehead atoms. The van der Waals surface area contributed by atoms with Gasteiger partial charge in [0.25, 0.3) is 0 Å². The third kappa shape index (κ3) is 3.42. The highest BCUT2D eigenvalue weighted by Gasteiger charge is 2.38. The molecule has 1 aliphatic carbocycles. The Kier molecular flexibility index (Phi) is 4.85. The minimum absolute atomic E-state index is 0.0905. The summed E-state index contributed by atoms with van der Waals surface area (Å²) in [5.74, 6) is 0.250. The number of carbonyl (C=O) groups excluding carboxylic acids is 1. The number of nitrogens with one attached hydrogen (secondary N) is 1. The van der Waals surface area contributed by atoms with Gasteiger partial charge in [0.2, 0.25) is 5.91 Å². The lowest BCUT2D eigenvalue weighted by Crippen LogP contribution is -2.48. The molecular formula is C17H31N3O. The van der Waals surface area contributed by atoms with Crippen molar-refractivity contribution in [3.63, 3.8) is 0 Å². The van der Waals surface area contributed by atoms with Gasteiger partial charge in [-0.25, -0.2) is 0 Å². The van der Waals surface area contributed by atoms with Gasteiger partial charge in [0.05, 0.1) is 0 Å².